The van der Waals surface area contributed by atoms with Gasteiger partial charge in [0.05, 0.1) is 15.0 Å². The summed E-state index contributed by atoms with van der Waals surface area (Å²) in [6.07, 6.45) is 3.17. The highest BCUT2D eigenvalue weighted by Gasteiger charge is 2.24. The van der Waals surface area contributed by atoms with Crippen LogP contribution in [0, 0.1) is 10.1 Å². The van der Waals surface area contributed by atoms with E-state index in [-0.39, 0.29) is 30.2 Å². The van der Waals surface area contributed by atoms with Gasteiger partial charge < -0.3 is 14.8 Å². The van der Waals surface area contributed by atoms with Crippen molar-refractivity contribution in [3.05, 3.63) is 110 Å². The highest BCUT2D eigenvalue weighted by atomic mass is 35.5. The van der Waals surface area contributed by atoms with Crippen LogP contribution in [0.5, 0.6) is 0 Å². The van der Waals surface area contributed by atoms with Gasteiger partial charge in [0.2, 0.25) is 5.91 Å². The van der Waals surface area contributed by atoms with Crippen molar-refractivity contribution in [1.29, 1.82) is 0 Å². The second kappa shape index (κ2) is 12.8. The summed E-state index contributed by atoms with van der Waals surface area (Å²) in [5, 5.41) is 13.1. The van der Waals surface area contributed by atoms with Crippen LogP contribution in [0.1, 0.15) is 34.8 Å². The molecular weight excluding hydrogens is 539 g/mol. The molecule has 1 heterocycles. The number of carbonyl (C=O) groups is 2. The normalized spacial score (nSPS) is 10.9. The molecule has 8 nitrogen and oxygen atoms in total. The fourth-order valence-electron chi connectivity index (χ4n) is 4.46. The monoisotopic (exact) mass is 566 g/mol. The fraction of sp³-hybridized carbons (Fsp3) is 0.241. The summed E-state index contributed by atoms with van der Waals surface area (Å²) in [6.45, 7) is 2.76. The van der Waals surface area contributed by atoms with Gasteiger partial charge in [0.15, 0.2) is 0 Å². The number of carbonyl (C=O) groups excluding carboxylic acids is 2. The van der Waals surface area contributed by atoms with Crippen LogP contribution in [0.2, 0.25) is 10.0 Å². The first-order chi connectivity index (χ1) is 18.8. The summed E-state index contributed by atoms with van der Waals surface area (Å²) in [5.41, 5.74) is 2.90. The quantitative estimate of drug-likeness (QED) is 0.165. The van der Waals surface area contributed by atoms with Crippen molar-refractivity contribution in [3.8, 4) is 0 Å². The Hall–Kier alpha value is -3.88. The number of rotatable bonds is 11. The highest BCUT2D eigenvalue weighted by molar-refractivity contribution is 6.42. The molecule has 0 aliphatic heterocycles. The molecule has 0 atom stereocenters. The van der Waals surface area contributed by atoms with Gasteiger partial charge in [0.1, 0.15) is 6.54 Å². The first kappa shape index (κ1) is 28.1. The van der Waals surface area contributed by atoms with Crippen LogP contribution in [0.4, 0.5) is 5.69 Å². The van der Waals surface area contributed by atoms with Crippen molar-refractivity contribution < 1.29 is 14.5 Å². The summed E-state index contributed by atoms with van der Waals surface area (Å²) in [7, 11) is 0. The molecule has 0 spiro atoms. The number of H-pyrrole nitrogens is 1. The zero-order valence-electron chi connectivity index (χ0n) is 21.4. The van der Waals surface area contributed by atoms with Crippen LogP contribution in [-0.4, -0.2) is 51.2 Å². The largest absolute Gasteiger partial charge is 0.361 e. The summed E-state index contributed by atoms with van der Waals surface area (Å²) >= 11 is 12.3. The van der Waals surface area contributed by atoms with Gasteiger partial charge in [-0.25, -0.2) is 0 Å². The Kier molecular flexibility index (Phi) is 9.22. The number of fused-ring (bicyclic) bond motifs is 1. The lowest BCUT2D eigenvalue weighted by Gasteiger charge is -2.28. The number of nitrogens with one attached hydrogen (secondary N) is 1. The second-order valence-electron chi connectivity index (χ2n) is 9.21. The Morgan fingerprint density at radius 3 is 2.49 bits per heavy atom. The number of hydrogen-bond acceptors (Lipinski definition) is 4. The third-order valence-corrected chi connectivity index (χ3v) is 7.19. The minimum Gasteiger partial charge on any atom is -0.361 e. The van der Waals surface area contributed by atoms with E-state index >= 15 is 0 Å². The lowest BCUT2D eigenvalue weighted by molar-refractivity contribution is -0.384. The van der Waals surface area contributed by atoms with Crippen LogP contribution in [-0.2, 0) is 17.8 Å². The molecule has 1 N–H and O–H groups in total. The van der Waals surface area contributed by atoms with Gasteiger partial charge in [-0.3, -0.25) is 19.7 Å². The number of nitro benzene ring substituents is 1. The molecule has 2 amide bonds. The predicted octanol–water partition coefficient (Wildman–Crippen LogP) is 6.51. The molecule has 202 valence electrons. The third-order valence-electron chi connectivity index (χ3n) is 6.45. The molecule has 0 aliphatic carbocycles. The zero-order chi connectivity index (χ0) is 27.9. The fourth-order valence-corrected chi connectivity index (χ4v) is 4.79. The van der Waals surface area contributed by atoms with Gasteiger partial charge >= 0.3 is 0 Å². The average molecular weight is 567 g/mol. The van der Waals surface area contributed by atoms with Crippen LogP contribution < -0.4 is 0 Å². The molecule has 0 saturated carbocycles. The highest BCUT2D eigenvalue weighted by Crippen LogP contribution is 2.24. The Labute approximate surface area is 236 Å². The van der Waals surface area contributed by atoms with E-state index in [0.29, 0.717) is 36.0 Å². The van der Waals surface area contributed by atoms with Gasteiger partial charge in [0, 0.05) is 54.4 Å². The van der Waals surface area contributed by atoms with Crippen molar-refractivity contribution in [2.45, 2.75) is 26.3 Å². The van der Waals surface area contributed by atoms with E-state index in [4.69, 9.17) is 23.2 Å². The summed E-state index contributed by atoms with van der Waals surface area (Å²) < 4.78 is 0. The first-order valence-corrected chi connectivity index (χ1v) is 13.3. The van der Waals surface area contributed by atoms with Crippen molar-refractivity contribution in [3.63, 3.8) is 0 Å². The molecule has 0 saturated heterocycles. The van der Waals surface area contributed by atoms with Crippen molar-refractivity contribution in [2.75, 3.05) is 19.6 Å². The number of para-hydroxylation sites is 1. The van der Waals surface area contributed by atoms with E-state index in [1.807, 2.05) is 43.5 Å². The van der Waals surface area contributed by atoms with Gasteiger partial charge in [-0.05, 0) is 48.2 Å². The van der Waals surface area contributed by atoms with E-state index in [2.05, 4.69) is 4.98 Å². The molecule has 0 unspecified atom stereocenters. The Balaban J connectivity index is 1.56. The molecule has 3 aromatic carbocycles. The topological polar surface area (TPSA) is 99.6 Å². The lowest BCUT2D eigenvalue weighted by atomic mass is 10.1. The van der Waals surface area contributed by atoms with Gasteiger partial charge in [-0.15, -0.1) is 0 Å². The maximum atomic E-state index is 13.7. The van der Waals surface area contributed by atoms with Crippen LogP contribution >= 0.6 is 23.2 Å². The van der Waals surface area contributed by atoms with Crippen molar-refractivity contribution >= 4 is 51.6 Å². The second-order valence-corrected chi connectivity index (χ2v) is 10.0. The predicted molar refractivity (Wildman–Crippen MR) is 153 cm³/mol. The molecule has 1 aromatic heterocycles. The van der Waals surface area contributed by atoms with Crippen molar-refractivity contribution in [1.82, 2.24) is 14.8 Å². The summed E-state index contributed by atoms with van der Waals surface area (Å²) in [6, 6.07) is 18.8. The summed E-state index contributed by atoms with van der Waals surface area (Å²) in [4.78, 5) is 44.0. The minimum absolute atomic E-state index is 0.162. The number of halogens is 2. The third kappa shape index (κ3) is 6.96. The van der Waals surface area contributed by atoms with Crippen LogP contribution in [0.15, 0.2) is 72.9 Å². The van der Waals surface area contributed by atoms with Gasteiger partial charge in [0.25, 0.3) is 11.6 Å². The zero-order valence-corrected chi connectivity index (χ0v) is 22.9. The number of nitro groups is 1. The molecular formula is C29H28Cl2N4O4. The molecule has 10 heteroatoms. The standard InChI is InChI=1S/C29H28Cl2N4O4/c1-2-13-34(29(37)21-6-5-7-23(16-21)35(38)39)19-28(36)33(18-20-10-11-25(30)26(31)15-20)14-12-22-17-32-27-9-4-3-8-24(22)27/h3-11,15-17,32H,2,12-14,18-19H2,1H3. The van der Waals surface area contributed by atoms with Gasteiger partial charge in [-0.1, -0.05) is 60.5 Å². The van der Waals surface area contributed by atoms with Crippen LogP contribution in [0.3, 0.4) is 0 Å². The Morgan fingerprint density at radius 1 is 0.949 bits per heavy atom. The average Bonchev–Trinajstić information content (AvgIpc) is 3.35. The van der Waals surface area contributed by atoms with E-state index in [9.17, 15) is 19.7 Å². The number of non-ortho nitro benzene ring substituents is 1. The molecule has 0 radical (unpaired) electrons. The SMILES string of the molecule is CCCN(CC(=O)N(CCc1c[nH]c2ccccc12)Cc1ccc(Cl)c(Cl)c1)C(=O)c1cccc([N+](=O)[O-])c1. The summed E-state index contributed by atoms with van der Waals surface area (Å²) in [5.74, 6) is -0.673. The Morgan fingerprint density at radius 2 is 1.74 bits per heavy atom. The number of aromatic nitrogens is 1. The Bertz CT molecular complexity index is 1500. The number of nitrogens with zero attached hydrogens (tertiary/aromatic N) is 3. The smallest absolute Gasteiger partial charge is 0.270 e. The molecule has 39 heavy (non-hydrogen) atoms. The maximum Gasteiger partial charge on any atom is 0.270 e. The molecule has 0 aliphatic rings. The van der Waals surface area contributed by atoms with Gasteiger partial charge in [-0.2, -0.15) is 0 Å². The van der Waals surface area contributed by atoms with Crippen LogP contribution in [0.25, 0.3) is 10.9 Å². The molecule has 0 fully saturated rings. The lowest BCUT2D eigenvalue weighted by Crippen LogP contribution is -2.43. The van der Waals surface area contributed by atoms with E-state index < -0.39 is 10.8 Å². The maximum absolute atomic E-state index is 13.7. The molecule has 4 aromatic rings. The van der Waals surface area contributed by atoms with Crippen molar-refractivity contribution in [2.24, 2.45) is 0 Å². The number of amides is 2. The van der Waals surface area contributed by atoms with E-state index in [1.165, 1.54) is 29.2 Å². The first-order valence-electron chi connectivity index (χ1n) is 12.6. The molecule has 4 rings (SSSR count). The molecule has 0 bridgehead atoms. The number of aromatic amines is 1. The number of hydrogen-bond donors (Lipinski definition) is 1. The minimum atomic E-state index is -0.546. The van der Waals surface area contributed by atoms with E-state index in [1.54, 1.807) is 17.0 Å². The van der Waals surface area contributed by atoms with E-state index in [0.717, 1.165) is 22.0 Å². The number of benzene rings is 3.